The van der Waals surface area contributed by atoms with Gasteiger partial charge in [0.25, 0.3) is 10.0 Å². The number of ether oxygens (including phenoxy) is 1. The van der Waals surface area contributed by atoms with Gasteiger partial charge in [-0.1, -0.05) is 22.0 Å². The highest BCUT2D eigenvalue weighted by molar-refractivity contribution is 9.10. The minimum Gasteiger partial charge on any atom is -0.495 e. The van der Waals surface area contributed by atoms with E-state index in [1.807, 2.05) is 13.0 Å². The van der Waals surface area contributed by atoms with E-state index in [2.05, 4.69) is 20.7 Å². The molecule has 3 N–H and O–H groups in total. The molecule has 0 unspecified atom stereocenters. The van der Waals surface area contributed by atoms with Gasteiger partial charge in [-0.15, -0.1) is 0 Å². The minimum absolute atomic E-state index is 0.0835. The first-order chi connectivity index (χ1) is 9.85. The number of hydrogen-bond acceptors (Lipinski definition) is 4. The summed E-state index contributed by atoms with van der Waals surface area (Å²) in [5, 5.41) is 0. The normalized spacial score (nSPS) is 11.2. The fourth-order valence-corrected chi connectivity index (χ4v) is 3.33. The number of anilines is 2. The molecule has 0 aliphatic heterocycles. The van der Waals surface area contributed by atoms with Crippen LogP contribution < -0.4 is 15.2 Å². The summed E-state index contributed by atoms with van der Waals surface area (Å²) in [7, 11) is -2.23. The predicted molar refractivity (Wildman–Crippen MR) is 87.1 cm³/mol. The average Bonchev–Trinajstić information content (AvgIpc) is 2.43. The van der Waals surface area contributed by atoms with Crippen LogP contribution in [0.5, 0.6) is 5.75 Å². The van der Waals surface area contributed by atoms with Crippen LogP contribution in [-0.2, 0) is 10.0 Å². The van der Waals surface area contributed by atoms with E-state index in [1.54, 1.807) is 12.1 Å². The molecule has 0 bridgehead atoms. The van der Waals surface area contributed by atoms with Gasteiger partial charge in [0.1, 0.15) is 5.75 Å². The number of nitrogen functional groups attached to an aromatic ring is 1. The number of nitrogens with two attached hydrogens (primary N) is 1. The summed E-state index contributed by atoms with van der Waals surface area (Å²) in [5.41, 5.74) is 7.34. The van der Waals surface area contributed by atoms with Crippen LogP contribution >= 0.6 is 15.9 Å². The number of sulfonamides is 1. The van der Waals surface area contributed by atoms with Crippen LogP contribution in [0.2, 0.25) is 0 Å². The van der Waals surface area contributed by atoms with Crippen molar-refractivity contribution in [1.82, 2.24) is 0 Å². The third-order valence-corrected chi connectivity index (χ3v) is 5.25. The van der Waals surface area contributed by atoms with Crippen LogP contribution in [0, 0.1) is 6.92 Å². The Kier molecular flexibility index (Phi) is 4.43. The summed E-state index contributed by atoms with van der Waals surface area (Å²) in [5.74, 6) is 0.438. The summed E-state index contributed by atoms with van der Waals surface area (Å²) in [6.45, 7) is 1.82. The zero-order valence-corrected chi connectivity index (χ0v) is 14.0. The topological polar surface area (TPSA) is 81.4 Å². The lowest BCUT2D eigenvalue weighted by atomic mass is 10.2. The molecule has 21 heavy (non-hydrogen) atoms. The smallest absolute Gasteiger partial charge is 0.261 e. The Balaban J connectivity index is 2.39. The maximum Gasteiger partial charge on any atom is 0.261 e. The largest absolute Gasteiger partial charge is 0.495 e. The van der Waals surface area contributed by atoms with Gasteiger partial charge >= 0.3 is 0 Å². The molecule has 112 valence electrons. The van der Waals surface area contributed by atoms with Crippen LogP contribution in [0.3, 0.4) is 0 Å². The van der Waals surface area contributed by atoms with Gasteiger partial charge in [-0.05, 0) is 42.8 Å². The molecule has 0 fully saturated rings. The Morgan fingerprint density at radius 2 is 1.95 bits per heavy atom. The maximum atomic E-state index is 12.4. The maximum absolute atomic E-state index is 12.4. The van der Waals surface area contributed by atoms with Gasteiger partial charge in [0, 0.05) is 4.47 Å². The molecule has 0 spiro atoms. The molecule has 2 aromatic carbocycles. The Morgan fingerprint density at radius 3 is 2.57 bits per heavy atom. The van der Waals surface area contributed by atoms with Gasteiger partial charge in [-0.3, -0.25) is 4.72 Å². The summed E-state index contributed by atoms with van der Waals surface area (Å²) in [6.07, 6.45) is 0. The molecule has 0 atom stereocenters. The van der Waals surface area contributed by atoms with E-state index in [0.29, 0.717) is 11.4 Å². The van der Waals surface area contributed by atoms with Crippen molar-refractivity contribution >= 4 is 37.3 Å². The molecular formula is C14H15BrN2O3S. The molecule has 2 rings (SSSR count). The number of rotatable bonds is 4. The molecule has 0 aliphatic rings. The highest BCUT2D eigenvalue weighted by Crippen LogP contribution is 2.28. The van der Waals surface area contributed by atoms with Crippen LogP contribution in [0.25, 0.3) is 0 Å². The zero-order valence-electron chi connectivity index (χ0n) is 11.6. The van der Waals surface area contributed by atoms with Crippen molar-refractivity contribution in [2.24, 2.45) is 0 Å². The van der Waals surface area contributed by atoms with E-state index >= 15 is 0 Å². The fourth-order valence-electron chi connectivity index (χ4n) is 1.80. The number of methoxy groups -OCH3 is 1. The number of nitrogens with one attached hydrogen (secondary N) is 1. The Bertz CT molecular complexity index is 776. The van der Waals surface area contributed by atoms with Crippen molar-refractivity contribution in [3.63, 3.8) is 0 Å². The second-order valence-electron chi connectivity index (χ2n) is 4.42. The zero-order chi connectivity index (χ0) is 15.6. The summed E-state index contributed by atoms with van der Waals surface area (Å²) >= 11 is 3.37. The lowest BCUT2D eigenvalue weighted by molar-refractivity contribution is 0.416. The quantitative estimate of drug-likeness (QED) is 0.809. The third kappa shape index (κ3) is 3.30. The van der Waals surface area contributed by atoms with Crippen LogP contribution in [0.15, 0.2) is 45.8 Å². The fraction of sp³-hybridized carbons (Fsp3) is 0.143. The second kappa shape index (κ2) is 5.95. The van der Waals surface area contributed by atoms with Gasteiger partial charge in [0.05, 0.1) is 23.4 Å². The average molecular weight is 371 g/mol. The first kappa shape index (κ1) is 15.7. The second-order valence-corrected chi connectivity index (χ2v) is 6.96. The molecule has 0 aromatic heterocycles. The van der Waals surface area contributed by atoms with Gasteiger partial charge in [0.2, 0.25) is 0 Å². The molecule has 7 heteroatoms. The van der Waals surface area contributed by atoms with E-state index in [4.69, 9.17) is 10.5 Å². The van der Waals surface area contributed by atoms with E-state index in [1.165, 1.54) is 25.3 Å². The summed E-state index contributed by atoms with van der Waals surface area (Å²) in [6, 6.07) is 9.65. The SMILES string of the molecule is COc1ccc(S(=O)(=O)Nc2cccc(Br)c2C)cc1N. The molecule has 5 nitrogen and oxygen atoms in total. The first-order valence-corrected chi connectivity index (χ1v) is 8.34. The Morgan fingerprint density at radius 1 is 1.24 bits per heavy atom. The van der Waals surface area contributed by atoms with Crippen molar-refractivity contribution in [1.29, 1.82) is 0 Å². The predicted octanol–water partition coefficient (Wildman–Crippen LogP) is 3.15. The molecular weight excluding hydrogens is 356 g/mol. The standard InChI is InChI=1S/C14H15BrN2O3S/c1-9-11(15)4-3-5-13(9)17-21(18,19)10-6-7-14(20-2)12(16)8-10/h3-8,17H,16H2,1-2H3. The van der Waals surface area contributed by atoms with Crippen molar-refractivity contribution < 1.29 is 13.2 Å². The van der Waals surface area contributed by atoms with E-state index in [9.17, 15) is 8.42 Å². The van der Waals surface area contributed by atoms with Crippen molar-refractivity contribution in [3.05, 3.63) is 46.4 Å². The minimum atomic E-state index is -3.71. The van der Waals surface area contributed by atoms with Crippen LogP contribution in [0.4, 0.5) is 11.4 Å². The van der Waals surface area contributed by atoms with E-state index in [0.717, 1.165) is 10.0 Å². The number of hydrogen-bond donors (Lipinski definition) is 2. The number of benzene rings is 2. The molecule has 0 amide bonds. The van der Waals surface area contributed by atoms with Crippen LogP contribution in [-0.4, -0.2) is 15.5 Å². The van der Waals surface area contributed by atoms with Gasteiger partial charge in [-0.2, -0.15) is 0 Å². The van der Waals surface area contributed by atoms with Gasteiger partial charge < -0.3 is 10.5 Å². The molecule has 2 aromatic rings. The summed E-state index contributed by atoms with van der Waals surface area (Å²) < 4.78 is 33.2. The van der Waals surface area contributed by atoms with Crippen LogP contribution in [0.1, 0.15) is 5.56 Å². The van der Waals surface area contributed by atoms with Gasteiger partial charge in [0.15, 0.2) is 0 Å². The highest BCUT2D eigenvalue weighted by atomic mass is 79.9. The van der Waals surface area contributed by atoms with E-state index < -0.39 is 10.0 Å². The van der Waals surface area contributed by atoms with Gasteiger partial charge in [-0.25, -0.2) is 8.42 Å². The molecule has 0 heterocycles. The molecule has 0 aliphatic carbocycles. The Hall–Kier alpha value is -1.73. The Labute approximate surface area is 132 Å². The molecule has 0 saturated carbocycles. The highest BCUT2D eigenvalue weighted by Gasteiger charge is 2.17. The van der Waals surface area contributed by atoms with Crippen molar-refractivity contribution in [2.75, 3.05) is 17.6 Å². The number of halogens is 1. The monoisotopic (exact) mass is 370 g/mol. The van der Waals surface area contributed by atoms with Crippen molar-refractivity contribution in [2.45, 2.75) is 11.8 Å². The molecule has 0 saturated heterocycles. The lowest BCUT2D eigenvalue weighted by Gasteiger charge is -2.12. The third-order valence-electron chi connectivity index (χ3n) is 3.02. The lowest BCUT2D eigenvalue weighted by Crippen LogP contribution is -2.14. The van der Waals surface area contributed by atoms with E-state index in [-0.39, 0.29) is 10.6 Å². The first-order valence-electron chi connectivity index (χ1n) is 6.06. The summed E-state index contributed by atoms with van der Waals surface area (Å²) in [4.78, 5) is 0.0835. The molecule has 0 radical (unpaired) electrons. The van der Waals surface area contributed by atoms with Crippen molar-refractivity contribution in [3.8, 4) is 5.75 Å².